The van der Waals surface area contributed by atoms with Crippen molar-refractivity contribution < 1.29 is 14.4 Å². The summed E-state index contributed by atoms with van der Waals surface area (Å²) in [5.41, 5.74) is 1.50. The van der Waals surface area contributed by atoms with Crippen LogP contribution in [0.3, 0.4) is 0 Å². The van der Waals surface area contributed by atoms with Gasteiger partial charge in [0.1, 0.15) is 11.9 Å². The topological polar surface area (TPSA) is 99.6 Å². The Balaban J connectivity index is 1.26. The zero-order valence-corrected chi connectivity index (χ0v) is 18.2. The zero-order valence-electron chi connectivity index (χ0n) is 17.5. The molecule has 2 aliphatic heterocycles. The van der Waals surface area contributed by atoms with Crippen LogP contribution in [0, 0.1) is 6.92 Å². The number of aryl methyl sites for hydroxylation is 1. The van der Waals surface area contributed by atoms with Crippen LogP contribution in [-0.2, 0) is 11.3 Å². The van der Waals surface area contributed by atoms with Crippen molar-refractivity contribution in [3.63, 3.8) is 0 Å². The molecule has 2 N–H and O–H groups in total. The predicted octanol–water partition coefficient (Wildman–Crippen LogP) is 2.83. The van der Waals surface area contributed by atoms with Crippen LogP contribution in [0.4, 0.5) is 15.3 Å². The van der Waals surface area contributed by atoms with E-state index in [2.05, 4.69) is 15.6 Å². The second-order valence-corrected chi connectivity index (χ2v) is 8.36. The maximum atomic E-state index is 12.8. The van der Waals surface area contributed by atoms with Crippen molar-refractivity contribution in [1.82, 2.24) is 24.7 Å². The molecule has 0 unspecified atom stereocenters. The molecule has 1 aromatic heterocycles. The van der Waals surface area contributed by atoms with Crippen molar-refractivity contribution in [3.8, 4) is 0 Å². The fraction of sp³-hybridized carbons (Fsp3) is 0.429. The Morgan fingerprint density at radius 2 is 1.87 bits per heavy atom. The molecule has 10 heteroatoms. The number of benzene rings is 1. The molecule has 2 aromatic rings. The highest BCUT2D eigenvalue weighted by atomic mass is 35.5. The van der Waals surface area contributed by atoms with Crippen molar-refractivity contribution in [2.75, 3.05) is 18.4 Å². The molecule has 31 heavy (non-hydrogen) atoms. The first-order chi connectivity index (χ1) is 14.8. The van der Waals surface area contributed by atoms with E-state index in [0.29, 0.717) is 49.0 Å². The summed E-state index contributed by atoms with van der Waals surface area (Å²) < 4.78 is 1.66. The molecule has 0 aliphatic carbocycles. The summed E-state index contributed by atoms with van der Waals surface area (Å²) in [6.07, 6.45) is 3.16. The molecule has 0 saturated carbocycles. The van der Waals surface area contributed by atoms with Gasteiger partial charge in [0, 0.05) is 29.8 Å². The summed E-state index contributed by atoms with van der Waals surface area (Å²) >= 11 is 5.84. The third kappa shape index (κ3) is 4.36. The summed E-state index contributed by atoms with van der Waals surface area (Å²) in [6, 6.07) is 5.67. The van der Waals surface area contributed by atoms with Gasteiger partial charge in [0.05, 0.1) is 18.4 Å². The Morgan fingerprint density at radius 3 is 2.52 bits per heavy atom. The number of rotatable bonds is 4. The van der Waals surface area contributed by atoms with Crippen LogP contribution in [0.2, 0.25) is 5.02 Å². The van der Waals surface area contributed by atoms with Crippen LogP contribution < -0.4 is 10.6 Å². The standard InChI is InChI=1S/C21H25ClN6O3/c1-13(24-20(30)25-16-5-3-15(22)4-6-16)19(29)26-9-7-17(8-10-26)27-12-18-11-23-14(2)28(18)21(27)31/h3-6,11,13,17H,7-10,12H2,1-2H3,(H2,24,25,30)/t13-/m1/s1. The van der Waals surface area contributed by atoms with E-state index in [0.717, 1.165) is 5.69 Å². The Bertz CT molecular complexity index is 997. The quantitative estimate of drug-likeness (QED) is 0.757. The lowest BCUT2D eigenvalue weighted by Gasteiger charge is -2.37. The van der Waals surface area contributed by atoms with Gasteiger partial charge < -0.3 is 20.4 Å². The molecule has 1 saturated heterocycles. The van der Waals surface area contributed by atoms with Gasteiger partial charge in [-0.25, -0.2) is 14.6 Å². The molecule has 2 aliphatic rings. The minimum atomic E-state index is -0.660. The van der Waals surface area contributed by atoms with Gasteiger partial charge in [-0.15, -0.1) is 0 Å². The number of nitrogens with one attached hydrogen (secondary N) is 2. The molecular formula is C21H25ClN6O3. The van der Waals surface area contributed by atoms with E-state index in [-0.39, 0.29) is 18.0 Å². The van der Waals surface area contributed by atoms with E-state index in [9.17, 15) is 14.4 Å². The summed E-state index contributed by atoms with van der Waals surface area (Å²) in [6.45, 7) is 5.14. The van der Waals surface area contributed by atoms with Crippen molar-refractivity contribution in [2.45, 2.75) is 45.3 Å². The Hall–Kier alpha value is -3.07. The van der Waals surface area contributed by atoms with E-state index in [4.69, 9.17) is 11.6 Å². The second-order valence-electron chi connectivity index (χ2n) is 7.93. The van der Waals surface area contributed by atoms with Gasteiger partial charge in [-0.3, -0.25) is 9.36 Å². The van der Waals surface area contributed by atoms with Crippen LogP contribution in [0.5, 0.6) is 0 Å². The number of halogens is 1. The summed E-state index contributed by atoms with van der Waals surface area (Å²) in [7, 11) is 0. The molecule has 0 spiro atoms. The number of carbonyl (C=O) groups excluding carboxylic acids is 3. The van der Waals surface area contributed by atoms with Crippen molar-refractivity contribution in [1.29, 1.82) is 0 Å². The van der Waals surface area contributed by atoms with E-state index in [1.54, 1.807) is 46.9 Å². The molecule has 0 bridgehead atoms. The number of likely N-dealkylation sites (tertiary alicyclic amines) is 1. The van der Waals surface area contributed by atoms with Crippen molar-refractivity contribution >= 4 is 35.3 Å². The normalized spacial score (nSPS) is 17.5. The average molecular weight is 445 g/mol. The van der Waals surface area contributed by atoms with Crippen LogP contribution >= 0.6 is 11.6 Å². The summed E-state index contributed by atoms with van der Waals surface area (Å²) in [4.78, 5) is 45.5. The van der Waals surface area contributed by atoms with E-state index in [1.807, 2.05) is 11.8 Å². The Labute approximate surface area is 185 Å². The monoisotopic (exact) mass is 444 g/mol. The highest BCUT2D eigenvalue weighted by Crippen LogP contribution is 2.26. The maximum absolute atomic E-state index is 12.8. The van der Waals surface area contributed by atoms with Gasteiger partial charge in [0.15, 0.2) is 0 Å². The number of imidazole rings is 1. The summed E-state index contributed by atoms with van der Waals surface area (Å²) in [5, 5.41) is 5.94. The van der Waals surface area contributed by atoms with Crippen LogP contribution in [0.25, 0.3) is 0 Å². The number of nitrogens with zero attached hydrogens (tertiary/aromatic N) is 4. The average Bonchev–Trinajstić information content (AvgIpc) is 3.29. The lowest BCUT2D eigenvalue weighted by atomic mass is 10.0. The predicted molar refractivity (Wildman–Crippen MR) is 116 cm³/mol. The van der Waals surface area contributed by atoms with Crippen LogP contribution in [-0.4, -0.2) is 62.5 Å². The molecule has 1 aromatic carbocycles. The van der Waals surface area contributed by atoms with E-state index >= 15 is 0 Å². The number of anilines is 1. The van der Waals surface area contributed by atoms with E-state index in [1.165, 1.54) is 0 Å². The number of fused-ring (bicyclic) bond motifs is 1. The summed E-state index contributed by atoms with van der Waals surface area (Å²) in [5.74, 6) is 0.565. The number of hydrogen-bond acceptors (Lipinski definition) is 4. The number of carbonyl (C=O) groups is 3. The van der Waals surface area contributed by atoms with Crippen LogP contribution in [0.1, 0.15) is 31.3 Å². The second kappa shape index (κ2) is 8.58. The first kappa shape index (κ1) is 21.2. The van der Waals surface area contributed by atoms with Gasteiger partial charge in [-0.05, 0) is 51.0 Å². The highest BCUT2D eigenvalue weighted by molar-refractivity contribution is 6.30. The fourth-order valence-electron chi connectivity index (χ4n) is 4.15. The SMILES string of the molecule is Cc1ncc2n1C(=O)N(C1CCN(C(=O)[C@@H](C)NC(=O)Nc3ccc(Cl)cc3)CC1)C2. The molecule has 4 amide bonds. The zero-order chi connectivity index (χ0) is 22.1. The Morgan fingerprint density at radius 1 is 1.19 bits per heavy atom. The maximum Gasteiger partial charge on any atom is 0.330 e. The Kier molecular flexibility index (Phi) is 5.86. The third-order valence-corrected chi connectivity index (χ3v) is 6.07. The van der Waals surface area contributed by atoms with Crippen LogP contribution in [0.15, 0.2) is 30.5 Å². The first-order valence-electron chi connectivity index (χ1n) is 10.3. The van der Waals surface area contributed by atoms with Gasteiger partial charge in [0.2, 0.25) is 5.91 Å². The van der Waals surface area contributed by atoms with Gasteiger partial charge in [0.25, 0.3) is 0 Å². The van der Waals surface area contributed by atoms with Gasteiger partial charge in [-0.1, -0.05) is 11.6 Å². The van der Waals surface area contributed by atoms with Crippen molar-refractivity contribution in [3.05, 3.63) is 47.0 Å². The number of amides is 4. The van der Waals surface area contributed by atoms with Gasteiger partial charge in [-0.2, -0.15) is 0 Å². The number of piperidine rings is 1. The van der Waals surface area contributed by atoms with Gasteiger partial charge >= 0.3 is 12.1 Å². The fourth-order valence-corrected chi connectivity index (χ4v) is 4.28. The molecule has 3 heterocycles. The molecule has 9 nitrogen and oxygen atoms in total. The van der Waals surface area contributed by atoms with Crippen molar-refractivity contribution in [2.24, 2.45) is 0 Å². The molecule has 0 radical (unpaired) electrons. The highest BCUT2D eigenvalue weighted by Gasteiger charge is 2.36. The molecule has 1 atom stereocenters. The minimum Gasteiger partial charge on any atom is -0.341 e. The molecule has 1 fully saturated rings. The smallest absolute Gasteiger partial charge is 0.330 e. The molecular weight excluding hydrogens is 420 g/mol. The lowest BCUT2D eigenvalue weighted by molar-refractivity contribution is -0.134. The lowest BCUT2D eigenvalue weighted by Crippen LogP contribution is -2.52. The molecule has 164 valence electrons. The van der Waals surface area contributed by atoms with E-state index < -0.39 is 12.1 Å². The molecule has 4 rings (SSSR count). The number of urea groups is 1. The largest absolute Gasteiger partial charge is 0.341 e. The number of hydrogen-bond donors (Lipinski definition) is 2. The third-order valence-electron chi connectivity index (χ3n) is 5.82. The minimum absolute atomic E-state index is 0.0383. The first-order valence-corrected chi connectivity index (χ1v) is 10.7. The number of aromatic nitrogens is 2.